The first-order valence-corrected chi connectivity index (χ1v) is 15.6. The van der Waals surface area contributed by atoms with Crippen LogP contribution < -0.4 is 21.3 Å². The second-order valence-electron chi connectivity index (χ2n) is 10.8. The van der Waals surface area contributed by atoms with Gasteiger partial charge in [-0.15, -0.1) is 0 Å². The fraction of sp³-hybridized carbons (Fsp3) is 0.625. The number of hydrogen-bond donors (Lipinski definition) is 4. The van der Waals surface area contributed by atoms with Crippen LogP contribution in [0.4, 0.5) is 11.4 Å². The van der Waals surface area contributed by atoms with E-state index in [1.807, 2.05) is 0 Å². The fourth-order valence-corrected chi connectivity index (χ4v) is 5.07. The lowest BCUT2D eigenvalue weighted by molar-refractivity contribution is 0.0145. The van der Waals surface area contributed by atoms with E-state index in [-0.39, 0.29) is 0 Å². The molecule has 0 aliphatic carbocycles. The molecule has 41 heavy (non-hydrogen) atoms. The van der Waals surface area contributed by atoms with Gasteiger partial charge in [-0.25, -0.2) is 0 Å². The second-order valence-corrected chi connectivity index (χ2v) is 10.8. The third-order valence-electron chi connectivity index (χ3n) is 7.47. The van der Waals surface area contributed by atoms with E-state index in [9.17, 15) is 0 Å². The van der Waals surface area contributed by atoms with Gasteiger partial charge in [0.1, 0.15) is 0 Å². The largest absolute Gasteiger partial charge is 0.385 e. The Bertz CT molecular complexity index is 843. The van der Waals surface area contributed by atoms with Crippen LogP contribution >= 0.6 is 0 Å². The summed E-state index contributed by atoms with van der Waals surface area (Å²) in [6, 6.07) is 17.8. The Morgan fingerprint density at radius 2 is 0.805 bits per heavy atom. The molecule has 5 aliphatic rings. The van der Waals surface area contributed by atoms with Gasteiger partial charge in [-0.05, 0) is 48.2 Å². The first-order chi connectivity index (χ1) is 20.3. The van der Waals surface area contributed by atoms with Crippen LogP contribution in [0.1, 0.15) is 24.0 Å². The van der Waals surface area contributed by atoms with Crippen LogP contribution in [0.2, 0.25) is 0 Å². The van der Waals surface area contributed by atoms with E-state index in [4.69, 9.17) is 14.2 Å². The molecule has 1 saturated heterocycles. The molecule has 9 nitrogen and oxygen atoms in total. The van der Waals surface area contributed by atoms with Gasteiger partial charge in [0.2, 0.25) is 0 Å². The van der Waals surface area contributed by atoms with Crippen molar-refractivity contribution in [2.45, 2.75) is 25.9 Å². The predicted molar refractivity (Wildman–Crippen MR) is 168 cm³/mol. The Morgan fingerprint density at radius 1 is 0.439 bits per heavy atom. The molecule has 2 aromatic rings. The van der Waals surface area contributed by atoms with E-state index in [0.29, 0.717) is 26.4 Å². The van der Waals surface area contributed by atoms with E-state index >= 15 is 0 Å². The fourth-order valence-electron chi connectivity index (χ4n) is 5.07. The number of hydrogen-bond acceptors (Lipinski definition) is 9. The summed E-state index contributed by atoms with van der Waals surface area (Å²) in [6.07, 6.45) is 1.93. The van der Waals surface area contributed by atoms with Gasteiger partial charge in [0, 0.05) is 103 Å². The molecule has 7 rings (SSSR count). The zero-order chi connectivity index (χ0) is 28.2. The monoisotopic (exact) mass is 568 g/mol. The maximum atomic E-state index is 5.71. The van der Waals surface area contributed by atoms with Gasteiger partial charge >= 0.3 is 0 Å². The van der Waals surface area contributed by atoms with Gasteiger partial charge in [0.05, 0.1) is 26.4 Å². The van der Waals surface area contributed by atoms with E-state index in [1.54, 1.807) is 0 Å². The molecule has 9 heteroatoms. The van der Waals surface area contributed by atoms with E-state index in [2.05, 4.69) is 79.6 Å². The van der Waals surface area contributed by atoms with Crippen molar-refractivity contribution in [3.8, 4) is 0 Å². The molecule has 6 bridgehead atoms. The molecule has 228 valence electrons. The van der Waals surface area contributed by atoms with Crippen molar-refractivity contribution >= 4 is 11.4 Å². The summed E-state index contributed by atoms with van der Waals surface area (Å²) in [7, 11) is 0. The number of fused-ring (bicyclic) bond motifs is 6. The molecule has 5 aliphatic heterocycles. The van der Waals surface area contributed by atoms with Gasteiger partial charge in [0.25, 0.3) is 0 Å². The first kappa shape index (κ1) is 31.7. The second kappa shape index (κ2) is 19.8. The summed E-state index contributed by atoms with van der Waals surface area (Å²) in [4.78, 5) is 5.10. The van der Waals surface area contributed by atoms with Gasteiger partial charge in [-0.2, -0.15) is 0 Å². The zero-order valence-electron chi connectivity index (χ0n) is 24.9. The standard InChI is InChI=1S/C32H52N6O3/c1-11-35-31-7-3-29(4-8-31)27-37-17-13-33-15-19-38(20-16-34-14-18-37)28-30-5-9-32(10-6-30)36-12-2-22-40-24-26-41-25-23-39-21-1/h3-10,33-36H,1-2,11-28H2. The van der Waals surface area contributed by atoms with Crippen molar-refractivity contribution in [3.05, 3.63) is 59.7 Å². The van der Waals surface area contributed by atoms with Crippen LogP contribution in [-0.2, 0) is 27.3 Å². The molecule has 1 fully saturated rings. The van der Waals surface area contributed by atoms with Crippen LogP contribution in [0.3, 0.4) is 0 Å². The molecule has 0 atom stereocenters. The third-order valence-corrected chi connectivity index (χ3v) is 7.47. The van der Waals surface area contributed by atoms with Crippen molar-refractivity contribution in [2.24, 2.45) is 0 Å². The predicted octanol–water partition coefficient (Wildman–Crippen LogP) is 2.85. The first-order valence-electron chi connectivity index (χ1n) is 15.6. The Morgan fingerprint density at radius 3 is 1.20 bits per heavy atom. The molecular formula is C32H52N6O3. The van der Waals surface area contributed by atoms with E-state index in [0.717, 1.165) is 116 Å². The van der Waals surface area contributed by atoms with Crippen LogP contribution in [0, 0.1) is 0 Å². The van der Waals surface area contributed by atoms with Crippen molar-refractivity contribution in [3.63, 3.8) is 0 Å². The van der Waals surface area contributed by atoms with Crippen LogP contribution in [0.15, 0.2) is 48.5 Å². The lowest BCUT2D eigenvalue weighted by Gasteiger charge is -2.27. The maximum Gasteiger partial charge on any atom is 0.0701 e. The third kappa shape index (κ3) is 13.5. The number of anilines is 2. The highest BCUT2D eigenvalue weighted by Gasteiger charge is 2.10. The molecule has 0 amide bonds. The highest BCUT2D eigenvalue weighted by Crippen LogP contribution is 2.13. The summed E-state index contributed by atoms with van der Waals surface area (Å²) >= 11 is 0. The van der Waals surface area contributed by atoms with Gasteiger partial charge in [0.15, 0.2) is 0 Å². The number of ether oxygens (including phenoxy) is 3. The minimum atomic E-state index is 0.608. The molecule has 0 saturated carbocycles. The quantitative estimate of drug-likeness (QED) is 0.384. The minimum absolute atomic E-state index is 0.608. The number of nitrogens with one attached hydrogen (secondary N) is 4. The minimum Gasteiger partial charge on any atom is -0.385 e. The van der Waals surface area contributed by atoms with Gasteiger partial charge < -0.3 is 35.5 Å². The van der Waals surface area contributed by atoms with Crippen LogP contribution in [0.5, 0.6) is 0 Å². The highest BCUT2D eigenvalue weighted by atomic mass is 16.5. The number of benzene rings is 2. The Labute approximate surface area is 247 Å². The average Bonchev–Trinajstić information content (AvgIpc) is 2.98. The van der Waals surface area contributed by atoms with Crippen molar-refractivity contribution in [2.75, 3.05) is 116 Å². The van der Waals surface area contributed by atoms with Gasteiger partial charge in [-0.3, -0.25) is 9.80 Å². The lowest BCUT2D eigenvalue weighted by Crippen LogP contribution is -2.42. The molecule has 4 N–H and O–H groups in total. The molecule has 0 radical (unpaired) electrons. The van der Waals surface area contributed by atoms with E-state index < -0.39 is 0 Å². The van der Waals surface area contributed by atoms with Crippen molar-refractivity contribution in [1.29, 1.82) is 0 Å². The molecule has 0 aromatic heterocycles. The number of rotatable bonds is 0. The molecule has 5 heterocycles. The normalized spacial score (nSPS) is 24.0. The molecular weight excluding hydrogens is 516 g/mol. The average molecular weight is 569 g/mol. The zero-order valence-corrected chi connectivity index (χ0v) is 24.9. The Kier molecular flexibility index (Phi) is 15.3. The molecule has 2 aromatic carbocycles. The molecule has 0 unspecified atom stereocenters. The van der Waals surface area contributed by atoms with Gasteiger partial charge in [-0.1, -0.05) is 24.3 Å². The van der Waals surface area contributed by atoms with E-state index in [1.165, 1.54) is 11.1 Å². The summed E-state index contributed by atoms with van der Waals surface area (Å²) in [5.41, 5.74) is 5.04. The summed E-state index contributed by atoms with van der Waals surface area (Å²) in [5.74, 6) is 0. The topological polar surface area (TPSA) is 82.3 Å². The number of nitrogens with zero attached hydrogens (tertiary/aromatic N) is 2. The summed E-state index contributed by atoms with van der Waals surface area (Å²) in [6.45, 7) is 15.9. The Hall–Kier alpha value is -2.24. The smallest absolute Gasteiger partial charge is 0.0701 e. The summed E-state index contributed by atoms with van der Waals surface area (Å²) in [5, 5.41) is 14.4. The highest BCUT2D eigenvalue weighted by molar-refractivity contribution is 5.45. The van der Waals surface area contributed by atoms with Crippen molar-refractivity contribution < 1.29 is 14.2 Å². The lowest BCUT2D eigenvalue weighted by atomic mass is 10.2. The van der Waals surface area contributed by atoms with Crippen molar-refractivity contribution in [1.82, 2.24) is 20.4 Å². The SMILES string of the molecule is c1cc2ccc1CN1CCNCCN(CCNCC1)Cc1ccc(cc1)NCCCOCCOCCOCCCN2. The summed E-state index contributed by atoms with van der Waals surface area (Å²) < 4.78 is 17.0. The maximum absolute atomic E-state index is 5.71. The Balaban J connectivity index is 1.28. The van der Waals surface area contributed by atoms with Crippen LogP contribution in [-0.4, -0.2) is 115 Å². The molecule has 0 spiro atoms. The van der Waals surface area contributed by atoms with Crippen LogP contribution in [0.25, 0.3) is 0 Å².